The standard InChI is InChI=1S/C34H45Cl2N5O7/c1-17(2)24(31(46)48-18(3)20-13-8-7-9-14-20)39-32(47)40-27(33(4,5)6)30(45)41-16-21-23(34(21,35)36)25(41)29(44)38-22(26(42)28(37)43)15-19-11-10-12-19/h7-9,13-14,18-19,21-25,27H,1,10-12,15-16H2,2-6H3,(H2,37,43)(H,38,44)(H2,39,40,47)/t18-,21-,22?,23-,24-,25-,27+/m0/s1. The van der Waals surface area contributed by atoms with Crippen molar-refractivity contribution >= 4 is 58.7 Å². The van der Waals surface area contributed by atoms with Crippen LogP contribution in [-0.2, 0) is 28.7 Å². The molecule has 5 amide bonds. The molecular weight excluding hydrogens is 661 g/mol. The number of rotatable bonds is 13. The van der Waals surface area contributed by atoms with Gasteiger partial charge in [0.15, 0.2) is 0 Å². The molecule has 0 bridgehead atoms. The maximum atomic E-state index is 14.2. The fourth-order valence-electron chi connectivity index (χ4n) is 6.39. The van der Waals surface area contributed by atoms with Gasteiger partial charge in [-0.05, 0) is 42.7 Å². The van der Waals surface area contributed by atoms with Crippen LogP contribution in [0.25, 0.3) is 0 Å². The number of piperidine rings is 1. The normalized spacial score (nSPS) is 23.6. The number of fused-ring (bicyclic) bond motifs is 1. The van der Waals surface area contributed by atoms with E-state index in [-0.39, 0.29) is 18.9 Å². The number of alkyl halides is 2. The highest BCUT2D eigenvalue weighted by atomic mass is 35.5. The lowest BCUT2D eigenvalue weighted by atomic mass is 9.80. The number of hydrogen-bond donors (Lipinski definition) is 4. The highest BCUT2D eigenvalue weighted by Gasteiger charge is 2.74. The SMILES string of the molecule is C=C(C)[C@H](NC(=O)N[C@H](C(=O)N1C[C@H]2[C@@H]([C@H]1C(=O)NC(CC1CCC1)C(=O)C(N)=O)C2(Cl)Cl)C(C)(C)C)C(=O)O[C@@H](C)c1ccccc1. The van der Waals surface area contributed by atoms with Gasteiger partial charge in [-0.25, -0.2) is 9.59 Å². The number of Topliss-reactive ketones (excluding diaryl/α,β-unsaturated/α-hetero) is 1. The average molecular weight is 707 g/mol. The summed E-state index contributed by atoms with van der Waals surface area (Å²) in [5, 5.41) is 7.90. The summed E-state index contributed by atoms with van der Waals surface area (Å²) in [7, 11) is 0. The molecule has 1 aliphatic heterocycles. The Balaban J connectivity index is 1.50. The summed E-state index contributed by atoms with van der Waals surface area (Å²) < 4.78 is 4.32. The van der Waals surface area contributed by atoms with Crippen molar-refractivity contribution in [1.82, 2.24) is 20.9 Å². The third kappa shape index (κ3) is 8.14. The van der Waals surface area contributed by atoms with E-state index in [9.17, 15) is 28.8 Å². The Hall–Kier alpha value is -3.64. The first-order valence-corrected chi connectivity index (χ1v) is 16.9. The van der Waals surface area contributed by atoms with Crippen molar-refractivity contribution in [2.45, 2.75) is 94.9 Å². The fourth-order valence-corrected chi connectivity index (χ4v) is 7.22. The smallest absolute Gasteiger partial charge is 0.333 e. The zero-order valence-electron chi connectivity index (χ0n) is 27.9. The molecule has 1 unspecified atom stereocenters. The van der Waals surface area contributed by atoms with Gasteiger partial charge in [0, 0.05) is 18.4 Å². The Morgan fingerprint density at radius 2 is 1.69 bits per heavy atom. The summed E-state index contributed by atoms with van der Waals surface area (Å²) in [5.74, 6) is -5.00. The lowest BCUT2D eigenvalue weighted by Crippen LogP contribution is -2.62. The zero-order valence-corrected chi connectivity index (χ0v) is 29.4. The van der Waals surface area contributed by atoms with Gasteiger partial charge in [0.05, 0.1) is 6.04 Å². The van der Waals surface area contributed by atoms with E-state index >= 15 is 0 Å². The average Bonchev–Trinajstić information content (AvgIpc) is 3.30. The Morgan fingerprint density at radius 3 is 2.21 bits per heavy atom. The van der Waals surface area contributed by atoms with Crippen molar-refractivity contribution < 1.29 is 33.5 Å². The second-order valence-corrected chi connectivity index (χ2v) is 15.7. The molecule has 14 heteroatoms. The van der Waals surface area contributed by atoms with Crippen molar-refractivity contribution in [3.63, 3.8) is 0 Å². The van der Waals surface area contributed by atoms with Gasteiger partial charge in [-0.1, -0.05) is 76.9 Å². The summed E-state index contributed by atoms with van der Waals surface area (Å²) in [5.41, 5.74) is 5.50. The number of carbonyl (C=O) groups is 6. The molecule has 7 atom stereocenters. The van der Waals surface area contributed by atoms with Crippen LogP contribution in [0.3, 0.4) is 0 Å². The molecule has 48 heavy (non-hydrogen) atoms. The third-order valence-corrected chi connectivity index (χ3v) is 10.6. The van der Waals surface area contributed by atoms with E-state index in [1.807, 2.05) is 30.3 Å². The molecule has 1 saturated heterocycles. The summed E-state index contributed by atoms with van der Waals surface area (Å²) >= 11 is 13.0. The summed E-state index contributed by atoms with van der Waals surface area (Å²) in [4.78, 5) is 80.2. The predicted octanol–water partition coefficient (Wildman–Crippen LogP) is 3.31. The molecule has 1 aromatic rings. The van der Waals surface area contributed by atoms with Crippen LogP contribution >= 0.6 is 23.2 Å². The van der Waals surface area contributed by atoms with Crippen molar-refractivity contribution in [2.24, 2.45) is 28.9 Å². The van der Waals surface area contributed by atoms with E-state index in [1.54, 1.807) is 34.6 Å². The van der Waals surface area contributed by atoms with E-state index < -0.39 is 87.4 Å². The summed E-state index contributed by atoms with van der Waals surface area (Å²) in [6.45, 7) is 12.3. The van der Waals surface area contributed by atoms with Crippen LogP contribution in [0.5, 0.6) is 0 Å². The van der Waals surface area contributed by atoms with Crippen LogP contribution in [0.4, 0.5) is 4.79 Å². The number of hydrogen-bond acceptors (Lipinski definition) is 7. The third-order valence-electron chi connectivity index (χ3n) is 9.51. The second kappa shape index (κ2) is 14.5. The number of nitrogens with one attached hydrogen (secondary N) is 3. The van der Waals surface area contributed by atoms with Crippen LogP contribution < -0.4 is 21.7 Å². The molecule has 2 saturated carbocycles. The van der Waals surface area contributed by atoms with E-state index in [0.717, 1.165) is 24.8 Å². The summed E-state index contributed by atoms with van der Waals surface area (Å²) in [6, 6.07) is 3.56. The molecule has 12 nitrogen and oxygen atoms in total. The van der Waals surface area contributed by atoms with Gasteiger partial charge in [-0.2, -0.15) is 0 Å². The first-order valence-electron chi connectivity index (χ1n) is 16.1. The Kier molecular flexibility index (Phi) is 11.2. The zero-order chi connectivity index (χ0) is 35.7. The summed E-state index contributed by atoms with van der Waals surface area (Å²) in [6.07, 6.45) is 2.36. The maximum Gasteiger partial charge on any atom is 0.333 e. The molecule has 1 aromatic carbocycles. The van der Waals surface area contributed by atoms with Gasteiger partial charge in [0.2, 0.25) is 17.6 Å². The highest BCUT2D eigenvalue weighted by molar-refractivity contribution is 6.51. The Bertz CT molecular complexity index is 1460. The molecule has 5 N–H and O–H groups in total. The van der Waals surface area contributed by atoms with Crippen LogP contribution in [0.15, 0.2) is 42.5 Å². The number of nitrogens with zero attached hydrogens (tertiary/aromatic N) is 1. The number of primary amides is 1. The van der Waals surface area contributed by atoms with Crippen LogP contribution in [0.2, 0.25) is 0 Å². The van der Waals surface area contributed by atoms with E-state index in [0.29, 0.717) is 5.57 Å². The molecule has 262 valence electrons. The lowest BCUT2D eigenvalue weighted by Gasteiger charge is -2.38. The van der Waals surface area contributed by atoms with Crippen LogP contribution in [0, 0.1) is 23.2 Å². The molecule has 3 aliphatic rings. The van der Waals surface area contributed by atoms with Crippen molar-refractivity contribution in [3.8, 4) is 0 Å². The Labute approximate surface area is 290 Å². The second-order valence-electron chi connectivity index (χ2n) is 14.3. The van der Waals surface area contributed by atoms with Gasteiger partial charge in [0.1, 0.15) is 28.6 Å². The maximum absolute atomic E-state index is 14.2. The molecule has 2 aliphatic carbocycles. The molecule has 3 fully saturated rings. The van der Waals surface area contributed by atoms with Crippen molar-refractivity contribution in [2.75, 3.05) is 6.54 Å². The number of ketones is 1. The van der Waals surface area contributed by atoms with Crippen molar-refractivity contribution in [1.29, 1.82) is 0 Å². The van der Waals surface area contributed by atoms with Gasteiger partial charge in [-0.3, -0.25) is 19.2 Å². The monoisotopic (exact) mass is 705 g/mol. The highest BCUT2D eigenvalue weighted by Crippen LogP contribution is 2.65. The number of carbonyl (C=O) groups excluding carboxylic acids is 6. The Morgan fingerprint density at radius 1 is 1.06 bits per heavy atom. The van der Waals surface area contributed by atoms with Gasteiger partial charge in [-0.15, -0.1) is 23.2 Å². The number of benzene rings is 1. The van der Waals surface area contributed by atoms with Crippen molar-refractivity contribution in [3.05, 3.63) is 48.0 Å². The van der Waals surface area contributed by atoms with Crippen LogP contribution in [0.1, 0.15) is 72.0 Å². The molecule has 0 radical (unpaired) electrons. The minimum atomic E-state index is -1.27. The molecule has 0 spiro atoms. The lowest BCUT2D eigenvalue weighted by molar-refractivity contribution is -0.149. The first kappa shape index (κ1) is 37.2. The van der Waals surface area contributed by atoms with E-state index in [1.165, 1.54) is 4.90 Å². The first-order chi connectivity index (χ1) is 22.3. The number of likely N-dealkylation sites (tertiary alicyclic amines) is 1. The number of halogens is 2. The fraction of sp³-hybridized carbons (Fsp3) is 0.588. The van der Waals surface area contributed by atoms with E-state index in [4.69, 9.17) is 33.7 Å². The molecule has 0 aromatic heterocycles. The predicted molar refractivity (Wildman–Crippen MR) is 179 cm³/mol. The molecule has 4 rings (SSSR count). The quantitative estimate of drug-likeness (QED) is 0.105. The molecule has 1 heterocycles. The minimum Gasteiger partial charge on any atom is -0.456 e. The topological polar surface area (TPSA) is 177 Å². The van der Waals surface area contributed by atoms with Gasteiger partial charge >= 0.3 is 12.0 Å². The minimum absolute atomic E-state index is 0.0274. The number of ether oxygens (including phenoxy) is 1. The number of amides is 5. The largest absolute Gasteiger partial charge is 0.456 e. The molecular formula is C34H45Cl2N5O7. The van der Waals surface area contributed by atoms with Crippen LogP contribution in [-0.4, -0.2) is 75.5 Å². The van der Waals surface area contributed by atoms with Gasteiger partial charge < -0.3 is 31.3 Å². The van der Waals surface area contributed by atoms with Gasteiger partial charge in [0.25, 0.3) is 5.91 Å². The van der Waals surface area contributed by atoms with E-state index in [2.05, 4.69) is 22.5 Å². The number of urea groups is 1. The number of nitrogens with two attached hydrogens (primary N) is 1. The number of esters is 1.